The van der Waals surface area contributed by atoms with Gasteiger partial charge in [0, 0.05) is 31.9 Å². The monoisotopic (exact) mass is 444 g/mol. The van der Waals surface area contributed by atoms with Gasteiger partial charge >= 0.3 is 11.9 Å². The summed E-state index contributed by atoms with van der Waals surface area (Å²) >= 11 is 12.4. The van der Waals surface area contributed by atoms with Gasteiger partial charge in [0.05, 0.1) is 38.4 Å². The predicted octanol–water partition coefficient (Wildman–Crippen LogP) is 5.05. The van der Waals surface area contributed by atoms with Crippen LogP contribution < -0.4 is 0 Å². The van der Waals surface area contributed by atoms with Crippen molar-refractivity contribution in [1.82, 2.24) is 9.97 Å². The molecule has 0 bridgehead atoms. The lowest BCUT2D eigenvalue weighted by atomic mass is 10.0. The summed E-state index contributed by atoms with van der Waals surface area (Å²) in [5, 5.41) is 2.72. The van der Waals surface area contributed by atoms with Crippen LogP contribution in [-0.2, 0) is 31.9 Å². The third-order valence-electron chi connectivity index (χ3n) is 5.08. The largest absolute Gasteiger partial charge is 0.469 e. The van der Waals surface area contributed by atoms with Crippen LogP contribution in [0.4, 0.5) is 0 Å². The Hall–Kier alpha value is -2.96. The van der Waals surface area contributed by atoms with Gasteiger partial charge in [0.1, 0.15) is 0 Å². The molecule has 0 amide bonds. The van der Waals surface area contributed by atoms with Gasteiger partial charge in [-0.1, -0.05) is 23.2 Å². The van der Waals surface area contributed by atoms with Crippen LogP contribution in [0.5, 0.6) is 0 Å². The highest BCUT2D eigenvalue weighted by atomic mass is 35.5. The zero-order chi connectivity index (χ0) is 21.4. The Kier molecular flexibility index (Phi) is 5.45. The number of aromatic nitrogens is 2. The van der Waals surface area contributed by atoms with Crippen LogP contribution in [0.25, 0.3) is 33.2 Å². The summed E-state index contributed by atoms with van der Waals surface area (Å²) in [6.07, 6.45) is 0.0833. The van der Waals surface area contributed by atoms with Crippen LogP contribution in [0.2, 0.25) is 10.0 Å². The Morgan fingerprint density at radius 2 is 1.17 bits per heavy atom. The molecule has 0 saturated carbocycles. The number of halogens is 2. The Morgan fingerprint density at radius 3 is 1.53 bits per heavy atom. The first-order valence-electron chi connectivity index (χ1n) is 9.15. The fraction of sp³-hybridized carbons (Fsp3) is 0.182. The molecule has 2 heterocycles. The molecule has 4 rings (SSSR count). The zero-order valence-electron chi connectivity index (χ0n) is 16.3. The van der Waals surface area contributed by atoms with Crippen molar-refractivity contribution in [2.24, 2.45) is 0 Å². The molecule has 2 aromatic heterocycles. The van der Waals surface area contributed by atoms with E-state index >= 15 is 0 Å². The van der Waals surface area contributed by atoms with E-state index in [1.165, 1.54) is 14.2 Å². The van der Waals surface area contributed by atoms with Crippen LogP contribution in [0.1, 0.15) is 11.1 Å². The van der Waals surface area contributed by atoms with Crippen molar-refractivity contribution in [2.75, 3.05) is 14.2 Å². The molecule has 154 valence electrons. The van der Waals surface area contributed by atoms with Gasteiger partial charge in [0.15, 0.2) is 0 Å². The van der Waals surface area contributed by atoms with E-state index in [9.17, 15) is 9.59 Å². The normalized spacial score (nSPS) is 11.2. The average Bonchev–Trinajstić information content (AvgIpc) is 3.25. The number of carbonyl (C=O) groups is 2. The lowest BCUT2D eigenvalue weighted by molar-refractivity contribution is -0.140. The lowest BCUT2D eigenvalue weighted by Gasteiger charge is -2.07. The Balaban J connectivity index is 2.01. The van der Waals surface area contributed by atoms with Crippen molar-refractivity contribution in [3.05, 3.63) is 57.6 Å². The van der Waals surface area contributed by atoms with Crippen molar-refractivity contribution in [3.8, 4) is 11.4 Å². The molecule has 6 nitrogen and oxygen atoms in total. The number of methoxy groups -OCH3 is 2. The minimum Gasteiger partial charge on any atom is -0.469 e. The number of aromatic amines is 2. The molecule has 0 aliphatic rings. The van der Waals surface area contributed by atoms with E-state index in [0.29, 0.717) is 21.4 Å². The standard InChI is InChI=1S/C22H18Cl2N2O4/c1-29-19(27)9-15-13-7-11(23)3-5-17(13)25-21(15)22-16(10-20(28)30-2)14-8-12(24)4-6-18(14)26-22/h3-8,25-26H,9-10H2,1-2H3. The molecule has 0 unspecified atom stereocenters. The first-order valence-corrected chi connectivity index (χ1v) is 9.91. The highest BCUT2D eigenvalue weighted by Crippen LogP contribution is 2.37. The van der Waals surface area contributed by atoms with E-state index < -0.39 is 0 Å². The maximum absolute atomic E-state index is 12.1. The van der Waals surface area contributed by atoms with Crippen LogP contribution in [0.3, 0.4) is 0 Å². The molecule has 2 N–H and O–H groups in total. The highest BCUT2D eigenvalue weighted by Gasteiger charge is 2.23. The van der Waals surface area contributed by atoms with Crippen LogP contribution in [0, 0.1) is 0 Å². The summed E-state index contributed by atoms with van der Waals surface area (Å²) in [7, 11) is 2.69. The molecular weight excluding hydrogens is 427 g/mol. The molecule has 0 fully saturated rings. The second kappa shape index (κ2) is 8.05. The summed E-state index contributed by atoms with van der Waals surface area (Å²) < 4.78 is 9.79. The second-order valence-corrected chi connectivity index (χ2v) is 7.72. The quantitative estimate of drug-likeness (QED) is 0.421. The molecule has 0 atom stereocenters. The highest BCUT2D eigenvalue weighted by molar-refractivity contribution is 6.31. The summed E-state index contributed by atoms with van der Waals surface area (Å²) in [5.41, 5.74) is 4.45. The summed E-state index contributed by atoms with van der Waals surface area (Å²) in [5.74, 6) is -0.767. The van der Waals surface area contributed by atoms with Gasteiger partial charge in [-0.05, 0) is 47.5 Å². The maximum Gasteiger partial charge on any atom is 0.310 e. The van der Waals surface area contributed by atoms with Crippen molar-refractivity contribution in [1.29, 1.82) is 0 Å². The Morgan fingerprint density at radius 1 is 0.767 bits per heavy atom. The molecule has 4 aromatic rings. The summed E-state index contributed by atoms with van der Waals surface area (Å²) in [6.45, 7) is 0. The minimum absolute atomic E-state index is 0.0416. The van der Waals surface area contributed by atoms with Crippen LogP contribution in [-0.4, -0.2) is 36.1 Å². The smallest absolute Gasteiger partial charge is 0.310 e. The first-order chi connectivity index (χ1) is 14.4. The molecule has 0 aliphatic carbocycles. The number of benzene rings is 2. The molecule has 30 heavy (non-hydrogen) atoms. The minimum atomic E-state index is -0.384. The van der Waals surface area contributed by atoms with E-state index in [-0.39, 0.29) is 24.8 Å². The third-order valence-corrected chi connectivity index (χ3v) is 5.55. The summed E-state index contributed by atoms with van der Waals surface area (Å²) in [4.78, 5) is 31.0. The van der Waals surface area contributed by atoms with E-state index in [2.05, 4.69) is 9.97 Å². The number of fused-ring (bicyclic) bond motifs is 2. The zero-order valence-corrected chi connectivity index (χ0v) is 17.8. The number of nitrogens with one attached hydrogen (secondary N) is 2. The SMILES string of the molecule is COC(=O)Cc1c(-c2[nH]c3ccc(Cl)cc3c2CC(=O)OC)[nH]c2ccc(Cl)cc12. The van der Waals surface area contributed by atoms with Gasteiger partial charge in [-0.2, -0.15) is 0 Å². The van der Waals surface area contributed by atoms with Crippen LogP contribution in [0.15, 0.2) is 36.4 Å². The van der Waals surface area contributed by atoms with E-state index in [1.54, 1.807) is 24.3 Å². The Labute approximate surface area is 182 Å². The number of hydrogen-bond donors (Lipinski definition) is 2. The molecule has 8 heteroatoms. The Bertz CT molecular complexity index is 1190. The molecule has 0 radical (unpaired) electrons. The van der Waals surface area contributed by atoms with Crippen molar-refractivity contribution in [2.45, 2.75) is 12.8 Å². The molecular formula is C22H18Cl2N2O4. The van der Waals surface area contributed by atoms with Gasteiger partial charge in [-0.15, -0.1) is 0 Å². The third kappa shape index (κ3) is 3.64. The second-order valence-electron chi connectivity index (χ2n) is 6.84. The van der Waals surface area contributed by atoms with Crippen LogP contribution >= 0.6 is 23.2 Å². The van der Waals surface area contributed by atoms with Gasteiger partial charge in [-0.25, -0.2) is 0 Å². The average molecular weight is 445 g/mol. The molecule has 0 spiro atoms. The summed E-state index contributed by atoms with van der Waals surface area (Å²) in [6, 6.07) is 10.8. The number of rotatable bonds is 5. The maximum atomic E-state index is 12.1. The molecule has 0 saturated heterocycles. The van der Waals surface area contributed by atoms with Crippen molar-refractivity contribution in [3.63, 3.8) is 0 Å². The van der Waals surface area contributed by atoms with Crippen molar-refractivity contribution < 1.29 is 19.1 Å². The van der Waals surface area contributed by atoms with E-state index in [0.717, 1.165) is 32.9 Å². The number of H-pyrrole nitrogens is 2. The van der Waals surface area contributed by atoms with Gasteiger partial charge in [0.2, 0.25) is 0 Å². The molecule has 0 aliphatic heterocycles. The van der Waals surface area contributed by atoms with Gasteiger partial charge < -0.3 is 19.4 Å². The fourth-order valence-corrected chi connectivity index (χ4v) is 4.01. The number of ether oxygens (including phenoxy) is 2. The molecule has 2 aromatic carbocycles. The van der Waals surface area contributed by atoms with E-state index in [4.69, 9.17) is 32.7 Å². The first kappa shape index (κ1) is 20.3. The fourth-order valence-electron chi connectivity index (χ4n) is 3.67. The predicted molar refractivity (Wildman–Crippen MR) is 117 cm³/mol. The number of hydrogen-bond acceptors (Lipinski definition) is 4. The van der Waals surface area contributed by atoms with E-state index in [1.807, 2.05) is 12.1 Å². The van der Waals surface area contributed by atoms with Crippen molar-refractivity contribution >= 4 is 56.9 Å². The number of esters is 2. The number of carbonyl (C=O) groups excluding carboxylic acids is 2. The topological polar surface area (TPSA) is 84.2 Å². The van der Waals surface area contributed by atoms with Gasteiger partial charge in [-0.3, -0.25) is 9.59 Å². The van der Waals surface area contributed by atoms with Gasteiger partial charge in [0.25, 0.3) is 0 Å². The lowest BCUT2D eigenvalue weighted by Crippen LogP contribution is -2.07.